The van der Waals surface area contributed by atoms with Crippen LogP contribution in [0.15, 0.2) is 36.4 Å². The number of ketones is 1. The first-order valence-electron chi connectivity index (χ1n) is 8.47. The van der Waals surface area contributed by atoms with Crippen molar-refractivity contribution in [2.45, 2.75) is 32.4 Å². The highest BCUT2D eigenvalue weighted by molar-refractivity contribution is 6.03. The van der Waals surface area contributed by atoms with Gasteiger partial charge >= 0.3 is 0 Å². The van der Waals surface area contributed by atoms with E-state index in [0.717, 1.165) is 5.56 Å². The Balaban J connectivity index is 1.61. The summed E-state index contributed by atoms with van der Waals surface area (Å²) in [4.78, 5) is 24.1. The number of phenols is 1. The van der Waals surface area contributed by atoms with Crippen molar-refractivity contribution < 1.29 is 28.6 Å². The van der Waals surface area contributed by atoms with Crippen molar-refractivity contribution in [3.63, 3.8) is 0 Å². The van der Waals surface area contributed by atoms with E-state index in [1.54, 1.807) is 26.0 Å². The van der Waals surface area contributed by atoms with Gasteiger partial charge in [-0.1, -0.05) is 12.1 Å². The first kappa shape index (κ1) is 18.7. The molecule has 1 heterocycles. The van der Waals surface area contributed by atoms with Crippen LogP contribution in [0.25, 0.3) is 0 Å². The van der Waals surface area contributed by atoms with E-state index in [2.05, 4.69) is 5.32 Å². The van der Waals surface area contributed by atoms with Crippen LogP contribution in [0, 0.1) is 5.82 Å². The van der Waals surface area contributed by atoms with Crippen LogP contribution in [0.3, 0.4) is 0 Å². The zero-order valence-corrected chi connectivity index (χ0v) is 15.0. The summed E-state index contributed by atoms with van der Waals surface area (Å²) in [6.07, 6.45) is 0.166. The third-order valence-electron chi connectivity index (χ3n) is 4.08. The van der Waals surface area contributed by atoms with Crippen LogP contribution < -0.4 is 14.8 Å². The van der Waals surface area contributed by atoms with Crippen LogP contribution in [-0.4, -0.2) is 29.0 Å². The second-order valence-corrected chi connectivity index (χ2v) is 6.97. The molecule has 0 saturated heterocycles. The first-order valence-corrected chi connectivity index (χ1v) is 8.47. The molecule has 0 unspecified atom stereocenters. The summed E-state index contributed by atoms with van der Waals surface area (Å²) < 4.78 is 24.0. The molecule has 0 fully saturated rings. The van der Waals surface area contributed by atoms with Gasteiger partial charge in [0.15, 0.2) is 12.4 Å². The Morgan fingerprint density at radius 2 is 2.00 bits per heavy atom. The molecule has 0 spiro atoms. The highest BCUT2D eigenvalue weighted by Gasteiger charge is 2.34. The molecule has 1 amide bonds. The third-order valence-corrected chi connectivity index (χ3v) is 4.08. The molecule has 2 aromatic carbocycles. The van der Waals surface area contributed by atoms with Gasteiger partial charge in [-0.2, -0.15) is 0 Å². The smallest absolute Gasteiger partial charge is 0.258 e. The fourth-order valence-corrected chi connectivity index (χ4v) is 2.83. The maximum absolute atomic E-state index is 12.9. The highest BCUT2D eigenvalue weighted by atomic mass is 19.1. The van der Waals surface area contributed by atoms with Crippen molar-refractivity contribution in [1.29, 1.82) is 0 Å². The van der Waals surface area contributed by atoms with Crippen molar-refractivity contribution in [3.8, 4) is 17.2 Å². The molecule has 2 aromatic rings. The quantitative estimate of drug-likeness (QED) is 0.842. The van der Waals surface area contributed by atoms with E-state index in [1.165, 1.54) is 24.3 Å². The van der Waals surface area contributed by atoms with Crippen LogP contribution in [0.2, 0.25) is 0 Å². The molecule has 6 nitrogen and oxygen atoms in total. The van der Waals surface area contributed by atoms with Crippen molar-refractivity contribution in [1.82, 2.24) is 5.32 Å². The number of hydrogen-bond acceptors (Lipinski definition) is 5. The lowest BCUT2D eigenvalue weighted by atomic mass is 9.92. The standard InChI is InChI=1S/C20H20FNO5/c1-20(2)9-16(24)19-15(23)7-14(8-17(19)27-20)26-11-18(25)22-10-12-3-5-13(21)6-4-12/h3-8,23H,9-11H2,1-2H3,(H,22,25). The molecular formula is C20H20FNO5. The first-order chi connectivity index (χ1) is 12.7. The summed E-state index contributed by atoms with van der Waals surface area (Å²) >= 11 is 0. The van der Waals surface area contributed by atoms with Crippen LogP contribution >= 0.6 is 0 Å². The minimum absolute atomic E-state index is 0.127. The van der Waals surface area contributed by atoms with Gasteiger partial charge in [-0.15, -0.1) is 0 Å². The van der Waals surface area contributed by atoms with Crippen molar-refractivity contribution in [3.05, 3.63) is 53.3 Å². The summed E-state index contributed by atoms with van der Waals surface area (Å²) in [5.41, 5.74) is 0.203. The van der Waals surface area contributed by atoms with Crippen molar-refractivity contribution in [2.24, 2.45) is 0 Å². The Bertz CT molecular complexity index is 877. The predicted octanol–water partition coefficient (Wildman–Crippen LogP) is 2.97. The molecule has 2 N–H and O–H groups in total. The number of fused-ring (bicyclic) bond motifs is 1. The highest BCUT2D eigenvalue weighted by Crippen LogP contribution is 2.40. The van der Waals surface area contributed by atoms with Gasteiger partial charge in [-0.05, 0) is 31.5 Å². The molecular weight excluding hydrogens is 353 g/mol. The Labute approximate surface area is 155 Å². The van der Waals surface area contributed by atoms with Gasteiger partial charge in [0.2, 0.25) is 0 Å². The van der Waals surface area contributed by atoms with Crippen molar-refractivity contribution >= 4 is 11.7 Å². The maximum Gasteiger partial charge on any atom is 0.258 e. The van der Waals surface area contributed by atoms with Crippen LogP contribution in [0.4, 0.5) is 4.39 Å². The second kappa shape index (κ2) is 7.26. The summed E-state index contributed by atoms with van der Waals surface area (Å²) in [6, 6.07) is 8.56. The minimum atomic E-state index is -0.679. The van der Waals surface area contributed by atoms with E-state index in [1.807, 2.05) is 0 Å². The second-order valence-electron chi connectivity index (χ2n) is 6.97. The van der Waals surface area contributed by atoms with Crippen LogP contribution in [0.5, 0.6) is 17.2 Å². The van der Waals surface area contributed by atoms with Gasteiger partial charge in [-0.25, -0.2) is 4.39 Å². The largest absolute Gasteiger partial charge is 0.507 e. The number of aromatic hydroxyl groups is 1. The summed E-state index contributed by atoms with van der Waals surface area (Å²) in [6.45, 7) is 3.52. The predicted molar refractivity (Wildman–Crippen MR) is 95.5 cm³/mol. The number of carbonyl (C=O) groups is 2. The SMILES string of the molecule is CC1(C)CC(=O)c2c(O)cc(OCC(=O)NCc3ccc(F)cc3)cc2O1. The van der Waals surface area contributed by atoms with Crippen LogP contribution in [0.1, 0.15) is 36.2 Å². The van der Waals surface area contributed by atoms with Gasteiger partial charge in [0.05, 0.1) is 6.42 Å². The number of ether oxygens (including phenoxy) is 2. The fraction of sp³-hybridized carbons (Fsp3) is 0.300. The van der Waals surface area contributed by atoms with E-state index >= 15 is 0 Å². The molecule has 0 bridgehead atoms. The number of phenolic OH excluding ortho intramolecular Hbond substituents is 1. The normalized spacial score (nSPS) is 14.9. The van der Waals surface area contributed by atoms with Gasteiger partial charge in [0, 0.05) is 18.7 Å². The van der Waals surface area contributed by atoms with Crippen LogP contribution in [-0.2, 0) is 11.3 Å². The zero-order valence-electron chi connectivity index (χ0n) is 15.0. The number of amides is 1. The zero-order chi connectivity index (χ0) is 19.6. The molecule has 0 aliphatic carbocycles. The molecule has 0 radical (unpaired) electrons. The number of carbonyl (C=O) groups excluding carboxylic acids is 2. The van der Waals surface area contributed by atoms with Gasteiger partial charge in [0.25, 0.3) is 5.91 Å². The fourth-order valence-electron chi connectivity index (χ4n) is 2.83. The lowest BCUT2D eigenvalue weighted by Gasteiger charge is -2.32. The number of Topliss-reactive ketones (excluding diaryl/α,β-unsaturated/α-hetero) is 1. The maximum atomic E-state index is 12.9. The Morgan fingerprint density at radius 3 is 2.70 bits per heavy atom. The third kappa shape index (κ3) is 4.55. The average molecular weight is 373 g/mol. The van der Waals surface area contributed by atoms with Gasteiger partial charge < -0.3 is 19.9 Å². The number of nitrogens with one attached hydrogen (secondary N) is 1. The van der Waals surface area contributed by atoms with E-state index in [4.69, 9.17) is 9.47 Å². The van der Waals surface area contributed by atoms with Gasteiger partial charge in [-0.3, -0.25) is 9.59 Å². The lowest BCUT2D eigenvalue weighted by molar-refractivity contribution is -0.123. The molecule has 0 atom stereocenters. The molecule has 1 aliphatic heterocycles. The van der Waals surface area contributed by atoms with E-state index in [0.29, 0.717) is 0 Å². The molecule has 142 valence electrons. The summed E-state index contributed by atoms with van der Waals surface area (Å²) in [7, 11) is 0. The Kier molecular flexibility index (Phi) is 5.03. The monoisotopic (exact) mass is 373 g/mol. The molecule has 3 rings (SSSR count). The molecule has 1 aliphatic rings. The van der Waals surface area contributed by atoms with Gasteiger partial charge in [0.1, 0.15) is 34.2 Å². The summed E-state index contributed by atoms with van der Waals surface area (Å²) in [5, 5.41) is 12.8. The average Bonchev–Trinajstić information content (AvgIpc) is 2.57. The molecule has 0 aromatic heterocycles. The summed E-state index contributed by atoms with van der Waals surface area (Å²) in [5.74, 6) is -0.720. The topological polar surface area (TPSA) is 84.9 Å². The Morgan fingerprint density at radius 1 is 1.30 bits per heavy atom. The molecule has 7 heteroatoms. The van der Waals surface area contributed by atoms with Crippen molar-refractivity contribution in [2.75, 3.05) is 6.61 Å². The molecule has 0 saturated carbocycles. The van der Waals surface area contributed by atoms with E-state index < -0.39 is 5.60 Å². The number of hydrogen-bond donors (Lipinski definition) is 2. The minimum Gasteiger partial charge on any atom is -0.507 e. The number of halogens is 1. The van der Waals surface area contributed by atoms with E-state index in [-0.39, 0.29) is 59.9 Å². The Hall–Kier alpha value is -3.09. The number of benzene rings is 2. The van der Waals surface area contributed by atoms with E-state index in [9.17, 15) is 19.1 Å². The number of rotatable bonds is 5. The lowest BCUT2D eigenvalue weighted by Crippen LogP contribution is -2.36. The molecule has 27 heavy (non-hydrogen) atoms.